The predicted molar refractivity (Wildman–Crippen MR) is 142 cm³/mol. The number of aromatic nitrogens is 4. The van der Waals surface area contributed by atoms with Gasteiger partial charge in [0, 0.05) is 6.04 Å². The number of hydrogen-bond acceptors (Lipinski definition) is 11. The average molecular weight is 577 g/mol. The zero-order chi connectivity index (χ0) is 28.3. The van der Waals surface area contributed by atoms with Gasteiger partial charge >= 0.3 is 13.5 Å². The molecule has 0 spiro atoms. The van der Waals surface area contributed by atoms with Crippen LogP contribution in [0.4, 0.5) is 5.82 Å². The lowest BCUT2D eigenvalue weighted by atomic mass is 10.1. The Hall–Kier alpha value is -3.13. The lowest BCUT2D eigenvalue weighted by molar-refractivity contribution is -0.138. The summed E-state index contributed by atoms with van der Waals surface area (Å²) in [6.07, 6.45) is 2.24. The van der Waals surface area contributed by atoms with Crippen molar-refractivity contribution in [2.75, 3.05) is 18.3 Å². The van der Waals surface area contributed by atoms with E-state index in [-0.39, 0.29) is 12.4 Å². The number of nitrogens with one attached hydrogen (secondary N) is 2. The van der Waals surface area contributed by atoms with Crippen molar-refractivity contribution in [2.24, 2.45) is 0 Å². The SMILES string of the molecule is C[C@H](NP(=O)(COC[C@H]1O[C@@H](c2cnc3c(NC4CCCC4)ncnn23)[C@H](O)[C@@H]1O)Oc1ccccc1)C(=O)O. The Morgan fingerprint density at radius 1 is 1.20 bits per heavy atom. The summed E-state index contributed by atoms with van der Waals surface area (Å²) in [6, 6.07) is 7.42. The summed E-state index contributed by atoms with van der Waals surface area (Å²) < 4.78 is 32.1. The molecule has 15 heteroatoms. The van der Waals surface area contributed by atoms with Crippen LogP contribution in [0.15, 0.2) is 42.9 Å². The van der Waals surface area contributed by atoms with Crippen molar-refractivity contribution in [2.45, 2.75) is 69.1 Å². The number of imidazole rings is 1. The first-order chi connectivity index (χ1) is 19.2. The topological polar surface area (TPSA) is 190 Å². The Bertz CT molecular complexity index is 1350. The predicted octanol–water partition coefficient (Wildman–Crippen LogP) is 1.95. The number of fused-ring (bicyclic) bond motifs is 1. The fourth-order valence-electron chi connectivity index (χ4n) is 4.91. The van der Waals surface area contributed by atoms with Crippen LogP contribution in [0.3, 0.4) is 0 Å². The van der Waals surface area contributed by atoms with Gasteiger partial charge in [-0.2, -0.15) is 5.10 Å². The van der Waals surface area contributed by atoms with Crippen molar-refractivity contribution in [1.82, 2.24) is 24.7 Å². The molecular weight excluding hydrogens is 543 g/mol. The minimum Gasteiger partial charge on any atom is -0.480 e. The second kappa shape index (κ2) is 12.2. The molecule has 1 unspecified atom stereocenters. The molecule has 40 heavy (non-hydrogen) atoms. The molecule has 0 radical (unpaired) electrons. The molecule has 2 fully saturated rings. The Morgan fingerprint density at radius 3 is 2.67 bits per heavy atom. The van der Waals surface area contributed by atoms with Crippen LogP contribution < -0.4 is 14.9 Å². The van der Waals surface area contributed by atoms with Gasteiger partial charge in [-0.15, -0.1) is 0 Å². The van der Waals surface area contributed by atoms with Gasteiger partial charge in [-0.3, -0.25) is 9.36 Å². The highest BCUT2D eigenvalue weighted by Gasteiger charge is 2.45. The van der Waals surface area contributed by atoms with Gasteiger partial charge < -0.3 is 34.6 Å². The number of ether oxygens (including phenoxy) is 2. The summed E-state index contributed by atoms with van der Waals surface area (Å²) >= 11 is 0. The van der Waals surface area contributed by atoms with Crippen LogP contribution in [0.5, 0.6) is 5.75 Å². The molecule has 5 N–H and O–H groups in total. The number of hydrogen-bond donors (Lipinski definition) is 5. The third kappa shape index (κ3) is 6.27. The molecule has 14 nitrogen and oxygen atoms in total. The monoisotopic (exact) mass is 576 g/mol. The fraction of sp³-hybridized carbons (Fsp3) is 0.520. The fourth-order valence-corrected chi connectivity index (χ4v) is 6.59. The van der Waals surface area contributed by atoms with Crippen LogP contribution >= 0.6 is 7.52 Å². The molecule has 1 aromatic carbocycles. The largest absolute Gasteiger partial charge is 0.480 e. The summed E-state index contributed by atoms with van der Waals surface area (Å²) in [5.74, 6) is -0.363. The van der Waals surface area contributed by atoms with Crippen molar-refractivity contribution >= 4 is 25.0 Å². The molecule has 3 aromatic rings. The van der Waals surface area contributed by atoms with E-state index in [9.17, 15) is 24.7 Å². The van der Waals surface area contributed by atoms with E-state index >= 15 is 0 Å². The Kier molecular flexibility index (Phi) is 8.64. The number of carbonyl (C=O) groups is 1. The Labute approximate surface area is 230 Å². The number of anilines is 1. The molecule has 5 rings (SSSR count). The first kappa shape index (κ1) is 28.4. The molecule has 1 saturated heterocycles. The number of nitrogens with zero attached hydrogens (tertiary/aromatic N) is 4. The smallest absolute Gasteiger partial charge is 0.342 e. The third-order valence-corrected chi connectivity index (χ3v) is 8.79. The van der Waals surface area contributed by atoms with E-state index in [1.807, 2.05) is 0 Å². The van der Waals surface area contributed by atoms with Crippen LogP contribution in [0.25, 0.3) is 5.65 Å². The zero-order valence-corrected chi connectivity index (χ0v) is 22.8. The van der Waals surface area contributed by atoms with Crippen molar-refractivity contribution in [3.8, 4) is 5.75 Å². The number of para-hydroxylation sites is 1. The van der Waals surface area contributed by atoms with Crippen LogP contribution in [-0.4, -0.2) is 84.2 Å². The van der Waals surface area contributed by atoms with Gasteiger partial charge in [-0.05, 0) is 31.9 Å². The van der Waals surface area contributed by atoms with Crippen molar-refractivity contribution in [3.63, 3.8) is 0 Å². The van der Waals surface area contributed by atoms with Crippen LogP contribution in [0, 0.1) is 0 Å². The van der Waals surface area contributed by atoms with E-state index < -0.39 is 50.3 Å². The molecule has 1 aliphatic carbocycles. The molecule has 0 amide bonds. The summed E-state index contributed by atoms with van der Waals surface area (Å²) in [4.78, 5) is 20.1. The highest BCUT2D eigenvalue weighted by molar-refractivity contribution is 7.57. The van der Waals surface area contributed by atoms with Gasteiger partial charge in [0.25, 0.3) is 0 Å². The first-order valence-corrected chi connectivity index (χ1v) is 14.9. The molecule has 6 atom stereocenters. The van der Waals surface area contributed by atoms with E-state index in [4.69, 9.17) is 14.0 Å². The molecule has 0 bridgehead atoms. The minimum atomic E-state index is -3.85. The van der Waals surface area contributed by atoms with Crippen LogP contribution in [-0.2, 0) is 18.8 Å². The molecule has 1 aliphatic heterocycles. The van der Waals surface area contributed by atoms with Gasteiger partial charge in [0.05, 0.1) is 18.5 Å². The van der Waals surface area contributed by atoms with E-state index in [1.54, 1.807) is 30.3 Å². The summed E-state index contributed by atoms with van der Waals surface area (Å²) in [5.41, 5.74) is 0.906. The molecule has 3 heterocycles. The van der Waals surface area contributed by atoms with Gasteiger partial charge in [0.15, 0.2) is 11.5 Å². The molecule has 2 aromatic heterocycles. The zero-order valence-electron chi connectivity index (χ0n) is 21.9. The maximum absolute atomic E-state index is 13.5. The second-order valence-electron chi connectivity index (χ2n) is 10.00. The van der Waals surface area contributed by atoms with Gasteiger partial charge in [-0.1, -0.05) is 31.0 Å². The number of carboxylic acids is 1. The molecular formula is C25H33N6O8P. The van der Waals surface area contributed by atoms with Gasteiger partial charge in [0.2, 0.25) is 0 Å². The van der Waals surface area contributed by atoms with E-state index in [0.29, 0.717) is 23.2 Å². The Morgan fingerprint density at radius 2 is 1.95 bits per heavy atom. The average Bonchev–Trinajstić information content (AvgIpc) is 3.66. The van der Waals surface area contributed by atoms with E-state index in [0.717, 1.165) is 25.7 Å². The number of aliphatic hydroxyl groups excluding tert-OH is 2. The number of aliphatic hydroxyl groups is 2. The van der Waals surface area contributed by atoms with Crippen LogP contribution in [0.2, 0.25) is 0 Å². The maximum atomic E-state index is 13.5. The molecule has 2 aliphatic rings. The second-order valence-corrected chi connectivity index (χ2v) is 12.0. The van der Waals surface area contributed by atoms with Gasteiger partial charge in [0.1, 0.15) is 48.9 Å². The normalized spacial score (nSPS) is 25.6. The lowest BCUT2D eigenvalue weighted by Crippen LogP contribution is -2.36. The van der Waals surface area contributed by atoms with E-state index in [1.165, 1.54) is 24.0 Å². The number of benzene rings is 1. The van der Waals surface area contributed by atoms with Gasteiger partial charge in [-0.25, -0.2) is 19.6 Å². The summed E-state index contributed by atoms with van der Waals surface area (Å²) in [7, 11) is -3.85. The standard InChI is InChI=1S/C25H33N6O8P/c1-15(25(34)35)30-40(36,39-17-9-3-2-4-10-17)14-37-12-19-20(32)21(33)22(38-19)18-11-26-24-23(27-13-28-31(18)24)29-16-7-5-6-8-16/h2-4,9-11,13,15-16,19-22,32-33H,5-8,12,14H2,1H3,(H,30,36)(H,34,35)(H,27,28,29)/t15-,19+,20+,21+,22-,40?/m0/s1. The highest BCUT2D eigenvalue weighted by atomic mass is 31.2. The quantitative estimate of drug-likeness (QED) is 0.197. The molecule has 216 valence electrons. The van der Waals surface area contributed by atoms with E-state index in [2.05, 4.69) is 25.5 Å². The Balaban J connectivity index is 1.25. The van der Waals surface area contributed by atoms with Crippen LogP contribution in [0.1, 0.15) is 44.4 Å². The van der Waals surface area contributed by atoms with Crippen molar-refractivity contribution < 1.29 is 38.7 Å². The number of aliphatic carboxylic acids is 1. The van der Waals surface area contributed by atoms with Crippen molar-refractivity contribution in [3.05, 3.63) is 48.5 Å². The minimum absolute atomic E-state index is 0.250. The maximum Gasteiger partial charge on any atom is 0.342 e. The third-order valence-electron chi connectivity index (χ3n) is 6.98. The van der Waals surface area contributed by atoms with Crippen molar-refractivity contribution in [1.29, 1.82) is 0 Å². The lowest BCUT2D eigenvalue weighted by Gasteiger charge is -2.23. The summed E-state index contributed by atoms with van der Waals surface area (Å²) in [5, 5.41) is 41.0. The first-order valence-electron chi connectivity index (χ1n) is 13.1. The highest BCUT2D eigenvalue weighted by Crippen LogP contribution is 2.44. The summed E-state index contributed by atoms with van der Waals surface area (Å²) in [6.45, 7) is 1.09. The molecule has 1 saturated carbocycles. The number of rotatable bonds is 12. The number of carboxylic acid groups (broad SMARTS) is 1.